The number of benzene rings is 3. The van der Waals surface area contributed by atoms with Gasteiger partial charge in [-0.05, 0) is 106 Å². The average molecular weight is 447 g/mol. The van der Waals surface area contributed by atoms with Gasteiger partial charge in [-0.15, -0.1) is 0 Å². The summed E-state index contributed by atoms with van der Waals surface area (Å²) in [5.41, 5.74) is 15.9. The van der Waals surface area contributed by atoms with Gasteiger partial charge in [0.25, 0.3) is 0 Å². The molecule has 0 aliphatic heterocycles. The Labute approximate surface area is 200 Å². The summed E-state index contributed by atoms with van der Waals surface area (Å²) < 4.78 is 2.17. The molecule has 0 spiro atoms. The van der Waals surface area contributed by atoms with E-state index in [1.165, 1.54) is 44.5 Å². The highest BCUT2D eigenvalue weighted by Crippen LogP contribution is 2.46. The van der Waals surface area contributed by atoms with Crippen LogP contribution in [0.1, 0.15) is 22.3 Å². The fourth-order valence-electron chi connectivity index (χ4n) is 6.36. The van der Waals surface area contributed by atoms with Gasteiger partial charge in [0.05, 0.1) is 11.0 Å². The molecule has 3 aromatic carbocycles. The molecule has 2 aliphatic rings. The van der Waals surface area contributed by atoms with Crippen molar-refractivity contribution in [2.24, 2.45) is 0 Å². The molecule has 0 bridgehead atoms. The number of hydrogen-bond donors (Lipinski definition) is 0. The van der Waals surface area contributed by atoms with Crippen molar-refractivity contribution in [3.05, 3.63) is 107 Å². The summed E-state index contributed by atoms with van der Waals surface area (Å²) >= 11 is 0. The smallest absolute Gasteiger partial charge is 0.165 e. The largest absolute Gasteiger partial charge is 0.274 e. The van der Waals surface area contributed by atoms with E-state index in [-0.39, 0.29) is 0 Å². The maximum atomic E-state index is 5.03. The Balaban J connectivity index is 1.37. The maximum Gasteiger partial charge on any atom is 0.165 e. The van der Waals surface area contributed by atoms with Crippen molar-refractivity contribution in [1.29, 1.82) is 0 Å². The van der Waals surface area contributed by atoms with Crippen LogP contribution < -0.4 is 0 Å². The highest BCUT2D eigenvalue weighted by atomic mass is 15.1. The van der Waals surface area contributed by atoms with E-state index < -0.39 is 0 Å². The third kappa shape index (κ3) is 2.20. The predicted octanol–water partition coefficient (Wildman–Crippen LogP) is 6.73. The van der Waals surface area contributed by atoms with Crippen LogP contribution in [0.2, 0.25) is 0 Å². The van der Waals surface area contributed by atoms with Crippen LogP contribution >= 0.6 is 0 Å². The SMILES string of the molecule is c1ccc2c(c1)Cc1cc3c(cc1-2)Cc1cc2c(cc1-3)c1nc3cccnc3n1c1cccnc21. The topological polar surface area (TPSA) is 43.1 Å². The fraction of sp³-hybridized carbons (Fsp3) is 0.0645. The number of rotatable bonds is 0. The Morgan fingerprint density at radius 2 is 1.31 bits per heavy atom. The van der Waals surface area contributed by atoms with Gasteiger partial charge in [-0.3, -0.25) is 9.38 Å². The molecule has 2 aliphatic carbocycles. The lowest BCUT2D eigenvalue weighted by Gasteiger charge is -2.10. The van der Waals surface area contributed by atoms with Crippen LogP contribution in [-0.2, 0) is 12.8 Å². The number of fused-ring (bicyclic) bond motifs is 14. The first-order valence-electron chi connectivity index (χ1n) is 12.0. The second-order valence-electron chi connectivity index (χ2n) is 9.72. The molecule has 0 saturated heterocycles. The summed E-state index contributed by atoms with van der Waals surface area (Å²) in [5.74, 6) is 0. The van der Waals surface area contributed by atoms with Crippen molar-refractivity contribution in [3.63, 3.8) is 0 Å². The number of imidazole rings is 1. The molecule has 4 heterocycles. The van der Waals surface area contributed by atoms with Crippen LogP contribution in [0.4, 0.5) is 0 Å². The van der Waals surface area contributed by atoms with Gasteiger partial charge in [-0.2, -0.15) is 0 Å². The molecule has 0 N–H and O–H groups in total. The van der Waals surface area contributed by atoms with Crippen molar-refractivity contribution >= 4 is 38.6 Å². The van der Waals surface area contributed by atoms with Gasteiger partial charge >= 0.3 is 0 Å². The lowest BCUT2D eigenvalue weighted by molar-refractivity contribution is 1.23. The first-order valence-corrected chi connectivity index (χ1v) is 12.0. The van der Waals surface area contributed by atoms with Gasteiger partial charge in [0.1, 0.15) is 11.2 Å². The quantitative estimate of drug-likeness (QED) is 0.243. The molecule has 162 valence electrons. The van der Waals surface area contributed by atoms with E-state index in [0.717, 1.165) is 51.5 Å². The first-order chi connectivity index (χ1) is 17.3. The van der Waals surface area contributed by atoms with Crippen LogP contribution in [0, 0.1) is 0 Å². The third-order valence-electron chi connectivity index (χ3n) is 7.87. The maximum absolute atomic E-state index is 5.03. The summed E-state index contributed by atoms with van der Waals surface area (Å²) in [6, 6.07) is 26.5. The Morgan fingerprint density at radius 3 is 2.26 bits per heavy atom. The van der Waals surface area contributed by atoms with E-state index in [9.17, 15) is 0 Å². The minimum Gasteiger partial charge on any atom is -0.274 e. The van der Waals surface area contributed by atoms with Crippen LogP contribution in [0.15, 0.2) is 85.2 Å². The zero-order valence-electron chi connectivity index (χ0n) is 18.8. The van der Waals surface area contributed by atoms with E-state index in [1.54, 1.807) is 0 Å². The van der Waals surface area contributed by atoms with E-state index in [4.69, 9.17) is 9.97 Å². The third-order valence-corrected chi connectivity index (χ3v) is 7.87. The molecular weight excluding hydrogens is 428 g/mol. The van der Waals surface area contributed by atoms with Crippen LogP contribution in [0.5, 0.6) is 0 Å². The van der Waals surface area contributed by atoms with Gasteiger partial charge in [-0.25, -0.2) is 9.97 Å². The van der Waals surface area contributed by atoms with Gasteiger partial charge in [0.15, 0.2) is 5.65 Å². The number of aromatic nitrogens is 4. The Morgan fingerprint density at radius 1 is 0.571 bits per heavy atom. The second-order valence-corrected chi connectivity index (χ2v) is 9.72. The highest BCUT2D eigenvalue weighted by Gasteiger charge is 2.26. The summed E-state index contributed by atoms with van der Waals surface area (Å²) in [5, 5.41) is 2.29. The minimum absolute atomic E-state index is 0.874. The van der Waals surface area contributed by atoms with E-state index in [2.05, 4.69) is 64.0 Å². The summed E-state index contributed by atoms with van der Waals surface area (Å²) in [4.78, 5) is 14.5. The van der Waals surface area contributed by atoms with Gasteiger partial charge in [0, 0.05) is 23.2 Å². The zero-order chi connectivity index (χ0) is 22.7. The minimum atomic E-state index is 0.874. The van der Waals surface area contributed by atoms with Gasteiger partial charge in [0.2, 0.25) is 0 Å². The zero-order valence-corrected chi connectivity index (χ0v) is 18.8. The number of hydrogen-bond acceptors (Lipinski definition) is 3. The van der Waals surface area contributed by atoms with E-state index >= 15 is 0 Å². The standard InChI is InChI=1S/C31H18N4/c1-2-6-21-17(5-1)11-18-14-23-19(13-22(18)21)12-20-15-25-26(16-24(20)23)30-34-27-7-3-10-33-31(27)35(30)28-8-4-9-32-29(25)28/h1-10,13-16H,11-12H2. The fourth-order valence-corrected chi connectivity index (χ4v) is 6.36. The van der Waals surface area contributed by atoms with Crippen molar-refractivity contribution < 1.29 is 0 Å². The highest BCUT2D eigenvalue weighted by molar-refractivity contribution is 6.13. The molecule has 4 heteroatoms. The van der Waals surface area contributed by atoms with Crippen molar-refractivity contribution in [2.75, 3.05) is 0 Å². The summed E-state index contributed by atoms with van der Waals surface area (Å²) in [6.07, 6.45) is 5.68. The normalized spacial score (nSPS) is 13.5. The Kier molecular flexibility index (Phi) is 3.11. The molecule has 4 aromatic heterocycles. The van der Waals surface area contributed by atoms with E-state index in [0.29, 0.717) is 0 Å². The molecule has 0 saturated carbocycles. The lowest BCUT2D eigenvalue weighted by atomic mass is 9.97. The lowest BCUT2D eigenvalue weighted by Crippen LogP contribution is -1.95. The summed E-state index contributed by atoms with van der Waals surface area (Å²) in [7, 11) is 0. The predicted molar refractivity (Wildman–Crippen MR) is 140 cm³/mol. The molecule has 0 atom stereocenters. The molecule has 0 unspecified atom stereocenters. The first kappa shape index (κ1) is 17.8. The Bertz CT molecular complexity index is 2070. The van der Waals surface area contributed by atoms with E-state index in [1.807, 2.05) is 30.6 Å². The van der Waals surface area contributed by atoms with Crippen LogP contribution in [0.3, 0.4) is 0 Å². The van der Waals surface area contributed by atoms with Gasteiger partial charge < -0.3 is 0 Å². The number of pyridine rings is 3. The number of nitrogens with zero attached hydrogens (tertiary/aromatic N) is 4. The monoisotopic (exact) mass is 446 g/mol. The molecule has 35 heavy (non-hydrogen) atoms. The molecular formula is C31H18N4. The van der Waals surface area contributed by atoms with Crippen LogP contribution in [-0.4, -0.2) is 19.4 Å². The second kappa shape index (κ2) is 6.10. The average Bonchev–Trinajstić information content (AvgIpc) is 3.57. The molecule has 9 rings (SSSR count). The van der Waals surface area contributed by atoms with Gasteiger partial charge in [-0.1, -0.05) is 24.3 Å². The summed E-state index contributed by atoms with van der Waals surface area (Å²) in [6.45, 7) is 0. The molecule has 7 aromatic rings. The van der Waals surface area contributed by atoms with Crippen molar-refractivity contribution in [3.8, 4) is 22.3 Å². The molecule has 0 radical (unpaired) electrons. The molecule has 0 amide bonds. The molecule has 4 nitrogen and oxygen atoms in total. The molecule has 0 fully saturated rings. The van der Waals surface area contributed by atoms with Crippen LogP contribution in [0.25, 0.3) is 60.9 Å². The van der Waals surface area contributed by atoms with Crippen molar-refractivity contribution in [2.45, 2.75) is 12.8 Å². The van der Waals surface area contributed by atoms with Crippen molar-refractivity contribution in [1.82, 2.24) is 19.4 Å². The Hall–Kier alpha value is -4.57.